The van der Waals surface area contributed by atoms with Crippen LogP contribution in [0.2, 0.25) is 0 Å². The summed E-state index contributed by atoms with van der Waals surface area (Å²) in [4.78, 5) is 18.3. The van der Waals surface area contributed by atoms with Crippen molar-refractivity contribution < 1.29 is 4.74 Å². The van der Waals surface area contributed by atoms with E-state index in [0.29, 0.717) is 23.7 Å². The highest BCUT2D eigenvalue weighted by molar-refractivity contribution is 7.98. The van der Waals surface area contributed by atoms with Gasteiger partial charge < -0.3 is 10.5 Å². The molecule has 3 aromatic rings. The monoisotopic (exact) mass is 313 g/mol. The second-order valence-corrected chi connectivity index (χ2v) is 5.36. The van der Waals surface area contributed by atoms with E-state index in [2.05, 4.69) is 32.1 Å². The molecule has 0 saturated carbocycles. The molecule has 2 aromatic heterocycles. The summed E-state index contributed by atoms with van der Waals surface area (Å²) in [7, 11) is 0. The summed E-state index contributed by atoms with van der Waals surface area (Å²) in [5.41, 5.74) is 8.33. The Morgan fingerprint density at radius 1 is 1.14 bits per heavy atom. The topological polar surface area (TPSA) is 86.8 Å². The maximum Gasteiger partial charge on any atom is 0.247 e. The molecule has 2 N–H and O–H groups in total. The van der Waals surface area contributed by atoms with Crippen LogP contribution in [-0.4, -0.2) is 32.8 Å². The predicted octanol–water partition coefficient (Wildman–Crippen LogP) is 2.79. The third-order valence-corrected chi connectivity index (χ3v) is 3.80. The van der Waals surface area contributed by atoms with Crippen LogP contribution in [0.25, 0.3) is 22.4 Å². The third kappa shape index (κ3) is 2.80. The number of aromatic nitrogens is 4. The highest BCUT2D eigenvalue weighted by Crippen LogP contribution is 2.25. The summed E-state index contributed by atoms with van der Waals surface area (Å²) < 4.78 is 5.49. The second-order valence-electron chi connectivity index (χ2n) is 4.48. The number of hydrogen-bond acceptors (Lipinski definition) is 7. The van der Waals surface area contributed by atoms with Crippen molar-refractivity contribution in [1.82, 2.24) is 19.9 Å². The number of nitrogen functional groups attached to an aromatic ring is 1. The van der Waals surface area contributed by atoms with Crippen molar-refractivity contribution in [3.63, 3.8) is 0 Å². The summed E-state index contributed by atoms with van der Waals surface area (Å²) >= 11 is 1.70. The number of fused-ring (bicyclic) bond motifs is 1. The Balaban J connectivity index is 2.11. The molecular formula is C15H15N5OS. The maximum absolute atomic E-state index is 5.66. The zero-order valence-electron chi connectivity index (χ0n) is 12.3. The molecule has 0 amide bonds. The van der Waals surface area contributed by atoms with Crippen LogP contribution in [-0.2, 0) is 0 Å². The first-order valence-corrected chi connectivity index (χ1v) is 8.01. The lowest BCUT2D eigenvalue weighted by atomic mass is 10.1. The number of ether oxygens (including phenoxy) is 1. The van der Waals surface area contributed by atoms with E-state index in [1.165, 1.54) is 4.90 Å². The van der Waals surface area contributed by atoms with Gasteiger partial charge in [0.05, 0.1) is 18.5 Å². The minimum atomic E-state index is 0.127. The van der Waals surface area contributed by atoms with Gasteiger partial charge >= 0.3 is 0 Å². The van der Waals surface area contributed by atoms with Gasteiger partial charge in [0.15, 0.2) is 11.2 Å². The molecule has 0 radical (unpaired) electrons. The molecule has 2 heterocycles. The van der Waals surface area contributed by atoms with Crippen molar-refractivity contribution in [2.75, 3.05) is 18.6 Å². The molecular weight excluding hydrogens is 298 g/mol. The average molecular weight is 313 g/mol. The maximum atomic E-state index is 5.66. The van der Waals surface area contributed by atoms with Gasteiger partial charge in [0.2, 0.25) is 11.8 Å². The number of rotatable bonds is 4. The molecule has 0 aliphatic carbocycles. The van der Waals surface area contributed by atoms with E-state index in [-0.39, 0.29) is 5.95 Å². The molecule has 22 heavy (non-hydrogen) atoms. The van der Waals surface area contributed by atoms with Crippen LogP contribution in [0.15, 0.2) is 35.4 Å². The SMILES string of the molecule is CCOc1nc(N)nc2ncc(-c3ccc(SC)cc3)nc12. The highest BCUT2D eigenvalue weighted by Gasteiger charge is 2.12. The molecule has 0 saturated heterocycles. The van der Waals surface area contributed by atoms with E-state index >= 15 is 0 Å². The largest absolute Gasteiger partial charge is 0.476 e. The lowest BCUT2D eigenvalue weighted by Gasteiger charge is -2.07. The van der Waals surface area contributed by atoms with Crippen LogP contribution in [0, 0.1) is 0 Å². The number of anilines is 1. The second kappa shape index (κ2) is 6.15. The highest BCUT2D eigenvalue weighted by atomic mass is 32.2. The van der Waals surface area contributed by atoms with Crippen molar-refractivity contribution in [3.8, 4) is 17.1 Å². The van der Waals surface area contributed by atoms with Crippen molar-refractivity contribution in [2.24, 2.45) is 0 Å². The smallest absolute Gasteiger partial charge is 0.247 e. The molecule has 0 aliphatic rings. The molecule has 112 valence electrons. The first kappa shape index (κ1) is 14.5. The zero-order valence-corrected chi connectivity index (χ0v) is 13.1. The molecule has 6 nitrogen and oxygen atoms in total. The van der Waals surface area contributed by atoms with Gasteiger partial charge in [-0.3, -0.25) is 0 Å². The summed E-state index contributed by atoms with van der Waals surface area (Å²) in [6.45, 7) is 2.35. The Morgan fingerprint density at radius 3 is 2.59 bits per heavy atom. The summed E-state index contributed by atoms with van der Waals surface area (Å²) in [6.07, 6.45) is 3.72. The first-order valence-electron chi connectivity index (χ1n) is 6.78. The van der Waals surface area contributed by atoms with E-state index in [0.717, 1.165) is 11.3 Å². The van der Waals surface area contributed by atoms with Gasteiger partial charge in [0.25, 0.3) is 0 Å². The van der Waals surface area contributed by atoms with E-state index in [1.807, 2.05) is 25.3 Å². The van der Waals surface area contributed by atoms with Crippen molar-refractivity contribution >= 4 is 28.9 Å². The minimum Gasteiger partial charge on any atom is -0.476 e. The Kier molecular flexibility index (Phi) is 4.06. The molecule has 1 aromatic carbocycles. The normalized spacial score (nSPS) is 10.8. The van der Waals surface area contributed by atoms with Crippen molar-refractivity contribution in [2.45, 2.75) is 11.8 Å². The van der Waals surface area contributed by atoms with Crippen molar-refractivity contribution in [1.29, 1.82) is 0 Å². The number of benzene rings is 1. The molecule has 0 aliphatic heterocycles. The summed E-state index contributed by atoms with van der Waals surface area (Å²) in [5, 5.41) is 0. The first-order chi connectivity index (χ1) is 10.7. The van der Waals surface area contributed by atoms with Gasteiger partial charge in [-0.2, -0.15) is 9.97 Å². The van der Waals surface area contributed by atoms with Gasteiger partial charge in [-0.1, -0.05) is 12.1 Å². The van der Waals surface area contributed by atoms with Gasteiger partial charge in [-0.25, -0.2) is 9.97 Å². The number of hydrogen-bond donors (Lipinski definition) is 1. The lowest BCUT2D eigenvalue weighted by Crippen LogP contribution is -2.04. The zero-order chi connectivity index (χ0) is 15.5. The van der Waals surface area contributed by atoms with Crippen LogP contribution in [0.3, 0.4) is 0 Å². The molecule has 0 fully saturated rings. The molecule has 0 unspecified atom stereocenters. The fraction of sp³-hybridized carbons (Fsp3) is 0.200. The Labute approximate surface area is 132 Å². The predicted molar refractivity (Wildman–Crippen MR) is 87.9 cm³/mol. The molecule has 0 spiro atoms. The Hall–Kier alpha value is -2.41. The van der Waals surface area contributed by atoms with E-state index < -0.39 is 0 Å². The third-order valence-electron chi connectivity index (χ3n) is 3.06. The molecule has 3 rings (SSSR count). The van der Waals surface area contributed by atoms with Crippen molar-refractivity contribution in [3.05, 3.63) is 30.5 Å². The Bertz CT molecular complexity index is 807. The van der Waals surface area contributed by atoms with Crippen LogP contribution in [0.5, 0.6) is 5.88 Å². The van der Waals surface area contributed by atoms with Gasteiger partial charge in [0, 0.05) is 10.5 Å². The van der Waals surface area contributed by atoms with Crippen LogP contribution in [0.4, 0.5) is 5.95 Å². The minimum absolute atomic E-state index is 0.127. The van der Waals surface area contributed by atoms with E-state index in [9.17, 15) is 0 Å². The number of nitrogens with zero attached hydrogens (tertiary/aromatic N) is 4. The molecule has 0 bridgehead atoms. The standard InChI is InChI=1S/C15H15N5OS/c1-3-21-14-12-13(19-15(16)20-14)17-8-11(18-12)9-4-6-10(22-2)7-5-9/h4-8H,3H2,1-2H3,(H2,16,17,19,20). The van der Waals surface area contributed by atoms with Gasteiger partial charge in [-0.15, -0.1) is 11.8 Å². The lowest BCUT2D eigenvalue weighted by molar-refractivity contribution is 0.330. The fourth-order valence-corrected chi connectivity index (χ4v) is 2.44. The van der Waals surface area contributed by atoms with Crippen LogP contribution < -0.4 is 10.5 Å². The molecule has 0 atom stereocenters. The average Bonchev–Trinajstić information content (AvgIpc) is 2.55. The fourth-order valence-electron chi connectivity index (χ4n) is 2.04. The number of nitrogens with two attached hydrogens (primary N) is 1. The Morgan fingerprint density at radius 2 is 1.91 bits per heavy atom. The van der Waals surface area contributed by atoms with Crippen LogP contribution >= 0.6 is 11.8 Å². The summed E-state index contributed by atoms with van der Waals surface area (Å²) in [5.74, 6) is 0.488. The quantitative estimate of drug-likeness (QED) is 0.741. The van der Waals surface area contributed by atoms with E-state index in [1.54, 1.807) is 18.0 Å². The number of thioether (sulfide) groups is 1. The molecule has 7 heteroatoms. The summed E-state index contributed by atoms with van der Waals surface area (Å²) in [6, 6.07) is 8.13. The van der Waals surface area contributed by atoms with Gasteiger partial charge in [-0.05, 0) is 25.3 Å². The van der Waals surface area contributed by atoms with Gasteiger partial charge in [0.1, 0.15) is 0 Å². The van der Waals surface area contributed by atoms with Crippen LogP contribution in [0.1, 0.15) is 6.92 Å². The van der Waals surface area contributed by atoms with E-state index in [4.69, 9.17) is 10.5 Å².